The first kappa shape index (κ1) is 16.7. The molecule has 0 aliphatic heterocycles. The molecule has 0 aliphatic rings. The number of hydrogen-bond acceptors (Lipinski definition) is 5. The first-order valence-corrected chi connectivity index (χ1v) is 7.78. The Bertz CT molecular complexity index is 542. The lowest BCUT2D eigenvalue weighted by Gasteiger charge is -2.14. The highest BCUT2D eigenvalue weighted by atomic mass is 32.2. The summed E-state index contributed by atoms with van der Waals surface area (Å²) >= 11 is 0. The molecule has 1 aromatic rings. The molecule has 0 aromatic heterocycles. The van der Waals surface area contributed by atoms with Crippen molar-refractivity contribution in [3.8, 4) is 5.75 Å². The molecule has 0 bridgehead atoms. The van der Waals surface area contributed by atoms with Crippen molar-refractivity contribution in [2.45, 2.75) is 11.3 Å². The number of benzene rings is 1. The predicted octanol–water partition coefficient (Wildman–Crippen LogP) is 0.850. The molecule has 7 heteroatoms. The fourth-order valence-corrected chi connectivity index (χ4v) is 2.53. The summed E-state index contributed by atoms with van der Waals surface area (Å²) in [4.78, 5) is 2.24. The van der Waals surface area contributed by atoms with Gasteiger partial charge in [0.2, 0.25) is 10.0 Å². The van der Waals surface area contributed by atoms with Gasteiger partial charge in [-0.2, -0.15) is 0 Å². The second-order valence-corrected chi connectivity index (χ2v) is 7.14. The van der Waals surface area contributed by atoms with Crippen LogP contribution in [0.4, 0.5) is 5.69 Å². The van der Waals surface area contributed by atoms with Gasteiger partial charge in [0.05, 0.1) is 17.2 Å². The summed E-state index contributed by atoms with van der Waals surface area (Å²) in [5.74, 6) is 0.515. The zero-order chi connectivity index (χ0) is 15.3. The van der Waals surface area contributed by atoms with Crippen LogP contribution in [0.2, 0.25) is 0 Å². The normalized spacial score (nSPS) is 12.1. The van der Waals surface area contributed by atoms with Crippen LogP contribution in [0.5, 0.6) is 5.75 Å². The van der Waals surface area contributed by atoms with Crippen LogP contribution in [-0.2, 0) is 10.0 Å². The molecule has 0 spiro atoms. The largest absolute Gasteiger partial charge is 0.491 e. The predicted molar refractivity (Wildman–Crippen MR) is 80.4 cm³/mol. The standard InChI is InChI=1S/C13H23N3O3S/c1-15(2)8-5-9-19-13-7-6-11(10-12(13)14)20(17,18)16(3)4/h6-7,10H,5,8-9,14H2,1-4H3. The molecule has 6 nitrogen and oxygen atoms in total. The fourth-order valence-electron chi connectivity index (χ4n) is 1.59. The van der Waals surface area contributed by atoms with E-state index in [0.717, 1.165) is 17.3 Å². The van der Waals surface area contributed by atoms with Crippen LogP contribution < -0.4 is 10.5 Å². The lowest BCUT2D eigenvalue weighted by atomic mass is 10.3. The number of hydrogen-bond donors (Lipinski definition) is 1. The zero-order valence-corrected chi connectivity index (χ0v) is 13.3. The summed E-state index contributed by atoms with van der Waals surface area (Å²) in [6.45, 7) is 1.47. The van der Waals surface area contributed by atoms with Crippen LogP contribution in [0.1, 0.15) is 6.42 Å². The third-order valence-corrected chi connectivity index (χ3v) is 4.58. The van der Waals surface area contributed by atoms with E-state index >= 15 is 0 Å². The van der Waals surface area contributed by atoms with Crippen molar-refractivity contribution in [2.24, 2.45) is 0 Å². The summed E-state index contributed by atoms with van der Waals surface area (Å²) in [5, 5.41) is 0. The van der Waals surface area contributed by atoms with E-state index in [1.807, 2.05) is 14.1 Å². The highest BCUT2D eigenvalue weighted by Gasteiger charge is 2.18. The topological polar surface area (TPSA) is 75.9 Å². The van der Waals surface area contributed by atoms with Gasteiger partial charge >= 0.3 is 0 Å². The summed E-state index contributed by atoms with van der Waals surface area (Å²) in [6, 6.07) is 4.53. The Kier molecular flexibility index (Phi) is 5.79. The molecule has 20 heavy (non-hydrogen) atoms. The second-order valence-electron chi connectivity index (χ2n) is 4.99. The molecule has 0 heterocycles. The number of sulfonamides is 1. The van der Waals surface area contributed by atoms with Gasteiger partial charge in [0, 0.05) is 20.6 Å². The quantitative estimate of drug-likeness (QED) is 0.597. The smallest absolute Gasteiger partial charge is 0.242 e. The monoisotopic (exact) mass is 301 g/mol. The number of ether oxygens (including phenoxy) is 1. The summed E-state index contributed by atoms with van der Waals surface area (Å²) in [5.41, 5.74) is 6.17. The van der Waals surface area contributed by atoms with Crippen LogP contribution in [0.3, 0.4) is 0 Å². The average molecular weight is 301 g/mol. The molecule has 0 saturated heterocycles. The fraction of sp³-hybridized carbons (Fsp3) is 0.538. The third kappa shape index (κ3) is 4.36. The lowest BCUT2D eigenvalue weighted by molar-refractivity contribution is 0.282. The molecule has 0 atom stereocenters. The molecular formula is C13H23N3O3S. The third-order valence-electron chi connectivity index (χ3n) is 2.77. The van der Waals surface area contributed by atoms with E-state index < -0.39 is 10.0 Å². The van der Waals surface area contributed by atoms with Gasteiger partial charge in [-0.25, -0.2) is 12.7 Å². The Morgan fingerprint density at radius 2 is 1.85 bits per heavy atom. The molecule has 0 fully saturated rings. The van der Waals surface area contributed by atoms with Crippen LogP contribution in [0.15, 0.2) is 23.1 Å². The van der Waals surface area contributed by atoms with Crippen LogP contribution in [0, 0.1) is 0 Å². The maximum Gasteiger partial charge on any atom is 0.242 e. The van der Waals surface area contributed by atoms with Crippen LogP contribution in [-0.4, -0.2) is 59.0 Å². The molecule has 114 valence electrons. The van der Waals surface area contributed by atoms with Gasteiger partial charge in [-0.05, 0) is 38.7 Å². The van der Waals surface area contributed by atoms with Gasteiger partial charge in [-0.3, -0.25) is 0 Å². The van der Waals surface area contributed by atoms with E-state index in [-0.39, 0.29) is 4.90 Å². The first-order chi connectivity index (χ1) is 9.25. The molecule has 0 saturated carbocycles. The Balaban J connectivity index is 2.74. The highest BCUT2D eigenvalue weighted by Crippen LogP contribution is 2.26. The highest BCUT2D eigenvalue weighted by molar-refractivity contribution is 7.89. The minimum absolute atomic E-state index is 0.167. The number of nitrogen functional groups attached to an aromatic ring is 1. The number of nitrogens with zero attached hydrogens (tertiary/aromatic N) is 2. The van der Waals surface area contributed by atoms with Crippen LogP contribution in [0.25, 0.3) is 0 Å². The Hall–Kier alpha value is -1.31. The van der Waals surface area contributed by atoms with Gasteiger partial charge in [-0.15, -0.1) is 0 Å². The van der Waals surface area contributed by atoms with Crippen molar-refractivity contribution < 1.29 is 13.2 Å². The van der Waals surface area contributed by atoms with Gasteiger partial charge in [0.25, 0.3) is 0 Å². The van der Waals surface area contributed by atoms with E-state index in [2.05, 4.69) is 4.90 Å². The van der Waals surface area contributed by atoms with Crippen LogP contribution >= 0.6 is 0 Å². The second kappa shape index (κ2) is 6.92. The van der Waals surface area contributed by atoms with Crippen molar-refractivity contribution in [1.82, 2.24) is 9.21 Å². The average Bonchev–Trinajstić information content (AvgIpc) is 2.35. The minimum Gasteiger partial charge on any atom is -0.491 e. The summed E-state index contributed by atoms with van der Waals surface area (Å²) in [7, 11) is 3.50. The first-order valence-electron chi connectivity index (χ1n) is 6.34. The molecule has 1 aromatic carbocycles. The van der Waals surface area contributed by atoms with Crippen molar-refractivity contribution in [3.05, 3.63) is 18.2 Å². The number of rotatable bonds is 7. The van der Waals surface area contributed by atoms with Crippen molar-refractivity contribution >= 4 is 15.7 Å². The zero-order valence-electron chi connectivity index (χ0n) is 12.5. The van der Waals surface area contributed by atoms with Gasteiger partial charge in [0.15, 0.2) is 0 Å². The summed E-state index contributed by atoms with van der Waals surface area (Å²) in [6.07, 6.45) is 0.879. The Labute approximate surface area is 121 Å². The number of nitrogens with two attached hydrogens (primary N) is 1. The van der Waals surface area contributed by atoms with Gasteiger partial charge < -0.3 is 15.4 Å². The minimum atomic E-state index is -3.46. The Morgan fingerprint density at radius 1 is 1.20 bits per heavy atom. The molecule has 2 N–H and O–H groups in total. The molecule has 0 unspecified atom stereocenters. The van der Waals surface area contributed by atoms with Crippen molar-refractivity contribution in [3.63, 3.8) is 0 Å². The van der Waals surface area contributed by atoms with Crippen molar-refractivity contribution in [2.75, 3.05) is 47.1 Å². The van der Waals surface area contributed by atoms with Gasteiger partial charge in [0.1, 0.15) is 5.75 Å². The number of anilines is 1. The van der Waals surface area contributed by atoms with E-state index in [0.29, 0.717) is 18.0 Å². The SMILES string of the molecule is CN(C)CCCOc1ccc(S(=O)(=O)N(C)C)cc1N. The van der Waals surface area contributed by atoms with E-state index in [4.69, 9.17) is 10.5 Å². The van der Waals surface area contributed by atoms with E-state index in [9.17, 15) is 8.42 Å². The van der Waals surface area contributed by atoms with E-state index in [1.54, 1.807) is 6.07 Å². The molecular weight excluding hydrogens is 278 g/mol. The maximum absolute atomic E-state index is 12.0. The molecule has 1 rings (SSSR count). The van der Waals surface area contributed by atoms with E-state index in [1.165, 1.54) is 26.2 Å². The lowest BCUT2D eigenvalue weighted by Crippen LogP contribution is -2.22. The molecule has 0 aliphatic carbocycles. The molecule has 0 amide bonds. The molecule has 0 radical (unpaired) electrons. The van der Waals surface area contributed by atoms with Gasteiger partial charge in [-0.1, -0.05) is 0 Å². The maximum atomic E-state index is 12.0. The Morgan fingerprint density at radius 3 is 2.35 bits per heavy atom. The van der Waals surface area contributed by atoms with Crippen molar-refractivity contribution in [1.29, 1.82) is 0 Å². The summed E-state index contributed by atoms with van der Waals surface area (Å²) < 4.78 is 30.6.